The van der Waals surface area contributed by atoms with Crippen LogP contribution in [-0.4, -0.2) is 52.8 Å². The van der Waals surface area contributed by atoms with Crippen molar-refractivity contribution < 1.29 is 14.0 Å². The molecule has 0 aliphatic carbocycles. The van der Waals surface area contributed by atoms with E-state index in [1.165, 1.54) is 5.56 Å². The van der Waals surface area contributed by atoms with Crippen molar-refractivity contribution in [2.75, 3.05) is 20.1 Å². The van der Waals surface area contributed by atoms with Crippen LogP contribution in [0.5, 0.6) is 0 Å². The highest BCUT2D eigenvalue weighted by Crippen LogP contribution is 2.28. The maximum absolute atomic E-state index is 13.3. The van der Waals surface area contributed by atoms with E-state index in [0.717, 1.165) is 24.8 Å². The summed E-state index contributed by atoms with van der Waals surface area (Å²) in [6.07, 6.45) is 10.9. The molecule has 2 amide bonds. The zero-order valence-corrected chi connectivity index (χ0v) is 19.8. The summed E-state index contributed by atoms with van der Waals surface area (Å²) in [5.74, 6) is 0.936. The Morgan fingerprint density at radius 2 is 1.82 bits per heavy atom. The van der Waals surface area contributed by atoms with Crippen molar-refractivity contribution in [2.24, 2.45) is 5.92 Å². The summed E-state index contributed by atoms with van der Waals surface area (Å²) in [5, 5.41) is 0. The summed E-state index contributed by atoms with van der Waals surface area (Å²) in [6.45, 7) is 3.18. The molecule has 0 bridgehead atoms. The van der Waals surface area contributed by atoms with Crippen molar-refractivity contribution >= 4 is 17.9 Å². The standard InChI is InChI=1S/C28H31N3O3/c1-21-25(14-19-34-21)28(33)30(2)26(20-23-6-4-3-5-7-23)24-12-17-31(18-13-24)27(32)9-8-22-10-15-29-16-11-22/h3-11,14-16,19,24,26H,12-13,17-18,20H2,1-2H3. The number of aryl methyl sites for hydroxylation is 1. The predicted octanol–water partition coefficient (Wildman–Crippen LogP) is 4.62. The molecule has 1 aromatic carbocycles. The zero-order valence-electron chi connectivity index (χ0n) is 19.8. The van der Waals surface area contributed by atoms with Crippen LogP contribution in [0.1, 0.15) is 40.1 Å². The van der Waals surface area contributed by atoms with Crippen molar-refractivity contribution in [1.29, 1.82) is 0 Å². The normalized spacial score (nSPS) is 15.4. The number of nitrogens with zero attached hydrogens (tertiary/aromatic N) is 3. The lowest BCUT2D eigenvalue weighted by Gasteiger charge is -2.40. The largest absolute Gasteiger partial charge is 0.469 e. The highest BCUT2D eigenvalue weighted by Gasteiger charge is 2.33. The van der Waals surface area contributed by atoms with Crippen LogP contribution in [-0.2, 0) is 11.2 Å². The Labute approximate surface area is 200 Å². The molecule has 0 radical (unpaired) electrons. The highest BCUT2D eigenvalue weighted by atomic mass is 16.3. The van der Waals surface area contributed by atoms with Gasteiger partial charge in [-0.3, -0.25) is 14.6 Å². The van der Waals surface area contributed by atoms with E-state index in [9.17, 15) is 9.59 Å². The van der Waals surface area contributed by atoms with E-state index in [1.807, 2.05) is 60.2 Å². The second-order valence-corrected chi connectivity index (χ2v) is 8.84. The molecule has 1 fully saturated rings. The van der Waals surface area contributed by atoms with Gasteiger partial charge in [-0.05, 0) is 67.5 Å². The first-order valence-corrected chi connectivity index (χ1v) is 11.7. The Morgan fingerprint density at radius 3 is 2.47 bits per heavy atom. The van der Waals surface area contributed by atoms with Crippen molar-refractivity contribution in [3.8, 4) is 0 Å². The summed E-state index contributed by atoms with van der Waals surface area (Å²) in [5.41, 5.74) is 2.76. The molecule has 3 heterocycles. The van der Waals surface area contributed by atoms with E-state index in [1.54, 1.807) is 30.8 Å². The molecule has 0 N–H and O–H groups in total. The Morgan fingerprint density at radius 1 is 1.12 bits per heavy atom. The monoisotopic (exact) mass is 457 g/mol. The van der Waals surface area contributed by atoms with Crippen molar-refractivity contribution in [1.82, 2.24) is 14.8 Å². The number of carbonyl (C=O) groups excluding carboxylic acids is 2. The quantitative estimate of drug-likeness (QED) is 0.486. The minimum absolute atomic E-state index is 0.0216. The fourth-order valence-electron chi connectivity index (χ4n) is 4.67. The van der Waals surface area contributed by atoms with Crippen LogP contribution in [0.4, 0.5) is 0 Å². The lowest BCUT2D eigenvalue weighted by molar-refractivity contribution is -0.127. The molecule has 6 nitrogen and oxygen atoms in total. The van der Waals surface area contributed by atoms with Gasteiger partial charge in [0.05, 0.1) is 11.8 Å². The zero-order chi connectivity index (χ0) is 23.9. The summed E-state index contributed by atoms with van der Waals surface area (Å²) in [7, 11) is 1.89. The highest BCUT2D eigenvalue weighted by molar-refractivity contribution is 5.95. The van der Waals surface area contributed by atoms with E-state index in [0.29, 0.717) is 30.3 Å². The van der Waals surface area contributed by atoms with Gasteiger partial charge in [-0.25, -0.2) is 0 Å². The third-order valence-electron chi connectivity index (χ3n) is 6.71. The van der Waals surface area contributed by atoms with E-state index in [2.05, 4.69) is 17.1 Å². The smallest absolute Gasteiger partial charge is 0.257 e. The number of furan rings is 1. The maximum atomic E-state index is 13.3. The Kier molecular flexibility index (Phi) is 7.58. The fourth-order valence-corrected chi connectivity index (χ4v) is 4.67. The molecule has 6 heteroatoms. The molecule has 0 saturated carbocycles. The van der Waals surface area contributed by atoms with E-state index in [-0.39, 0.29) is 17.9 Å². The molecule has 1 unspecified atom stereocenters. The Balaban J connectivity index is 1.44. The third kappa shape index (κ3) is 5.63. The van der Waals surface area contributed by atoms with Crippen LogP contribution in [0.2, 0.25) is 0 Å². The Hall–Kier alpha value is -3.67. The number of pyridine rings is 1. The van der Waals surface area contributed by atoms with E-state index < -0.39 is 0 Å². The topological polar surface area (TPSA) is 66.7 Å². The molecule has 1 saturated heterocycles. The molecule has 176 valence electrons. The number of aromatic nitrogens is 1. The first-order valence-electron chi connectivity index (χ1n) is 11.7. The summed E-state index contributed by atoms with van der Waals surface area (Å²) >= 11 is 0. The number of rotatable bonds is 7. The first kappa shape index (κ1) is 23.5. The number of likely N-dealkylation sites (N-methyl/N-ethyl adjacent to an activating group) is 1. The van der Waals surface area contributed by atoms with Crippen LogP contribution in [0, 0.1) is 12.8 Å². The SMILES string of the molecule is Cc1occc1C(=O)N(C)C(Cc1ccccc1)C1CCN(C(=O)C=Cc2ccncc2)CC1. The number of piperidine rings is 1. The average Bonchev–Trinajstić information content (AvgIpc) is 3.32. The number of carbonyl (C=O) groups is 2. The van der Waals surface area contributed by atoms with Gasteiger partial charge in [0.2, 0.25) is 5.91 Å². The van der Waals surface area contributed by atoms with E-state index >= 15 is 0 Å². The van der Waals surface area contributed by atoms with Crippen molar-refractivity contribution in [3.63, 3.8) is 0 Å². The number of hydrogen-bond acceptors (Lipinski definition) is 4. The molecule has 1 atom stereocenters. The van der Waals surface area contributed by atoms with Crippen LogP contribution >= 0.6 is 0 Å². The first-order chi connectivity index (χ1) is 16.5. The molecular formula is C28H31N3O3. The number of amides is 2. The van der Waals surface area contributed by atoms with Crippen LogP contribution in [0.25, 0.3) is 6.08 Å². The maximum Gasteiger partial charge on any atom is 0.257 e. The minimum atomic E-state index is -0.0222. The molecule has 4 rings (SSSR count). The van der Waals surface area contributed by atoms with Gasteiger partial charge in [-0.1, -0.05) is 30.3 Å². The van der Waals surface area contributed by atoms with E-state index in [4.69, 9.17) is 4.42 Å². The minimum Gasteiger partial charge on any atom is -0.469 e. The van der Waals surface area contributed by atoms with Gasteiger partial charge < -0.3 is 14.2 Å². The number of likely N-dealkylation sites (tertiary alicyclic amines) is 1. The van der Waals surface area contributed by atoms with Gasteiger partial charge >= 0.3 is 0 Å². The number of benzene rings is 1. The predicted molar refractivity (Wildman–Crippen MR) is 132 cm³/mol. The molecule has 0 spiro atoms. The van der Waals surface area contributed by atoms with Gasteiger partial charge in [-0.2, -0.15) is 0 Å². The molecule has 3 aromatic rings. The van der Waals surface area contributed by atoms with Gasteiger partial charge in [0.25, 0.3) is 5.91 Å². The Bertz CT molecular complexity index is 1120. The average molecular weight is 458 g/mol. The molecule has 1 aliphatic rings. The third-order valence-corrected chi connectivity index (χ3v) is 6.71. The van der Waals surface area contributed by atoms with Gasteiger partial charge in [0, 0.05) is 44.6 Å². The molecular weight excluding hydrogens is 426 g/mol. The van der Waals surface area contributed by atoms with Crippen LogP contribution < -0.4 is 0 Å². The van der Waals surface area contributed by atoms with Gasteiger partial charge in [0.1, 0.15) is 5.76 Å². The summed E-state index contributed by atoms with van der Waals surface area (Å²) in [6, 6.07) is 15.8. The molecule has 2 aromatic heterocycles. The lowest BCUT2D eigenvalue weighted by Crippen LogP contribution is -2.48. The number of hydrogen-bond donors (Lipinski definition) is 0. The second-order valence-electron chi connectivity index (χ2n) is 8.84. The molecule has 34 heavy (non-hydrogen) atoms. The summed E-state index contributed by atoms with van der Waals surface area (Å²) < 4.78 is 5.37. The van der Waals surface area contributed by atoms with Crippen LogP contribution in [0.15, 0.2) is 77.7 Å². The van der Waals surface area contributed by atoms with Crippen molar-refractivity contribution in [2.45, 2.75) is 32.2 Å². The summed E-state index contributed by atoms with van der Waals surface area (Å²) in [4.78, 5) is 33.8. The van der Waals surface area contributed by atoms with Crippen molar-refractivity contribution in [3.05, 3.63) is 95.7 Å². The lowest BCUT2D eigenvalue weighted by atomic mass is 9.84. The fraction of sp³-hybridized carbons (Fsp3) is 0.321. The van der Waals surface area contributed by atoms with Gasteiger partial charge in [-0.15, -0.1) is 0 Å². The van der Waals surface area contributed by atoms with Crippen LogP contribution in [0.3, 0.4) is 0 Å². The van der Waals surface area contributed by atoms with Gasteiger partial charge in [0.15, 0.2) is 0 Å². The molecule has 1 aliphatic heterocycles. The second kappa shape index (κ2) is 11.0.